The average molecular weight is 351 g/mol. The van der Waals surface area contributed by atoms with Crippen molar-refractivity contribution in [1.29, 1.82) is 0 Å². The summed E-state index contributed by atoms with van der Waals surface area (Å²) in [6.07, 6.45) is 4.86. The molecule has 6 heteroatoms. The van der Waals surface area contributed by atoms with E-state index >= 15 is 0 Å². The van der Waals surface area contributed by atoms with E-state index in [0.717, 1.165) is 34.4 Å². The van der Waals surface area contributed by atoms with Crippen LogP contribution < -0.4 is 4.90 Å². The summed E-state index contributed by atoms with van der Waals surface area (Å²) in [5, 5.41) is 10.8. The van der Waals surface area contributed by atoms with Gasteiger partial charge in [-0.2, -0.15) is 0 Å². The Hall–Kier alpha value is -1.59. The lowest BCUT2D eigenvalue weighted by Crippen LogP contribution is -2.23. The summed E-state index contributed by atoms with van der Waals surface area (Å²) in [5.74, 6) is -0.828. The van der Waals surface area contributed by atoms with E-state index in [-0.39, 0.29) is 6.42 Å². The molecule has 1 aromatic heterocycles. The van der Waals surface area contributed by atoms with E-state index in [4.69, 9.17) is 16.6 Å². The van der Waals surface area contributed by atoms with Gasteiger partial charge in [-0.3, -0.25) is 4.79 Å². The summed E-state index contributed by atoms with van der Waals surface area (Å²) in [6, 6.07) is 7.42. The normalized spacial score (nSPS) is 15.4. The van der Waals surface area contributed by atoms with Crippen LogP contribution in [0, 0.1) is 0 Å². The van der Waals surface area contributed by atoms with Crippen molar-refractivity contribution in [3.63, 3.8) is 0 Å². The Bertz CT molecular complexity index is 676. The molecule has 1 aromatic carbocycles. The van der Waals surface area contributed by atoms with E-state index in [0.29, 0.717) is 5.02 Å². The Kier molecular flexibility index (Phi) is 5.18. The topological polar surface area (TPSA) is 53.4 Å². The predicted octanol–water partition coefficient (Wildman–Crippen LogP) is 4.47. The molecule has 2 aromatic rings. The van der Waals surface area contributed by atoms with Crippen LogP contribution in [0.3, 0.4) is 0 Å². The van der Waals surface area contributed by atoms with E-state index in [1.54, 1.807) is 0 Å². The molecule has 0 radical (unpaired) electrons. The minimum Gasteiger partial charge on any atom is -0.481 e. The second-order valence-electron chi connectivity index (χ2n) is 5.75. The number of thiazole rings is 1. The third-order valence-electron chi connectivity index (χ3n) is 3.99. The summed E-state index contributed by atoms with van der Waals surface area (Å²) in [6.45, 7) is 2.00. The van der Waals surface area contributed by atoms with Gasteiger partial charge in [0.1, 0.15) is 0 Å². The molecule has 122 valence electrons. The van der Waals surface area contributed by atoms with Gasteiger partial charge in [0.15, 0.2) is 5.13 Å². The lowest BCUT2D eigenvalue weighted by Gasteiger charge is -2.18. The van der Waals surface area contributed by atoms with Gasteiger partial charge in [0, 0.05) is 28.6 Å². The number of carbonyl (C=O) groups is 1. The van der Waals surface area contributed by atoms with E-state index in [1.807, 2.05) is 24.3 Å². The number of halogens is 1. The summed E-state index contributed by atoms with van der Waals surface area (Å²) in [5.41, 5.74) is 1.69. The first-order valence-electron chi connectivity index (χ1n) is 7.86. The first kappa shape index (κ1) is 16.3. The van der Waals surface area contributed by atoms with Crippen LogP contribution in [-0.4, -0.2) is 29.1 Å². The third kappa shape index (κ3) is 4.03. The molecule has 1 saturated heterocycles. The number of aromatic nitrogens is 1. The van der Waals surface area contributed by atoms with Crippen LogP contribution in [0.25, 0.3) is 11.3 Å². The fraction of sp³-hybridized carbons (Fsp3) is 0.412. The Balaban J connectivity index is 1.95. The van der Waals surface area contributed by atoms with Gasteiger partial charge in [0.25, 0.3) is 0 Å². The van der Waals surface area contributed by atoms with Crippen LogP contribution in [0.4, 0.5) is 5.13 Å². The van der Waals surface area contributed by atoms with Gasteiger partial charge in [-0.1, -0.05) is 36.6 Å². The van der Waals surface area contributed by atoms with Crippen molar-refractivity contribution in [2.75, 3.05) is 18.0 Å². The maximum Gasteiger partial charge on any atom is 0.308 e. The van der Waals surface area contributed by atoms with Gasteiger partial charge in [0.2, 0.25) is 0 Å². The zero-order valence-electron chi connectivity index (χ0n) is 12.8. The molecule has 0 amide bonds. The number of carboxylic acids is 1. The molecule has 1 N–H and O–H groups in total. The van der Waals surface area contributed by atoms with Crippen molar-refractivity contribution in [2.45, 2.75) is 32.1 Å². The monoisotopic (exact) mass is 350 g/mol. The minimum atomic E-state index is -0.828. The first-order chi connectivity index (χ1) is 11.1. The molecule has 1 aliphatic heterocycles. The van der Waals surface area contributed by atoms with Crippen molar-refractivity contribution in [1.82, 2.24) is 4.98 Å². The summed E-state index contributed by atoms with van der Waals surface area (Å²) in [4.78, 5) is 19.1. The standard InChI is InChI=1S/C17H19ClN2O2S/c18-13-7-5-12(6-8-13)16-14(11-15(21)22)23-17(19-16)20-9-3-1-2-4-10-20/h5-8H,1-4,9-11H2,(H,21,22). The van der Waals surface area contributed by atoms with Crippen molar-refractivity contribution in [3.05, 3.63) is 34.2 Å². The largest absolute Gasteiger partial charge is 0.481 e. The molecule has 0 unspecified atom stereocenters. The Morgan fingerprint density at radius 3 is 2.43 bits per heavy atom. The lowest BCUT2D eigenvalue weighted by atomic mass is 10.1. The van der Waals surface area contributed by atoms with Crippen LogP contribution in [0.1, 0.15) is 30.6 Å². The molecule has 23 heavy (non-hydrogen) atoms. The molecule has 2 heterocycles. The number of rotatable bonds is 4. The highest BCUT2D eigenvalue weighted by Gasteiger charge is 2.20. The quantitative estimate of drug-likeness (QED) is 0.883. The van der Waals surface area contributed by atoms with Gasteiger partial charge in [-0.25, -0.2) is 4.98 Å². The number of nitrogens with zero attached hydrogens (tertiary/aromatic N) is 2. The SMILES string of the molecule is O=C(O)Cc1sc(N2CCCCCC2)nc1-c1ccc(Cl)cc1. The van der Waals surface area contributed by atoms with Crippen molar-refractivity contribution in [3.8, 4) is 11.3 Å². The van der Waals surface area contributed by atoms with Gasteiger partial charge in [-0.05, 0) is 25.0 Å². The molecule has 0 aliphatic carbocycles. The number of benzene rings is 1. The molecule has 1 aliphatic rings. The number of hydrogen-bond acceptors (Lipinski definition) is 4. The van der Waals surface area contributed by atoms with Gasteiger partial charge >= 0.3 is 5.97 Å². The molecular formula is C17H19ClN2O2S. The smallest absolute Gasteiger partial charge is 0.308 e. The maximum absolute atomic E-state index is 11.2. The van der Waals surface area contributed by atoms with Crippen molar-refractivity contribution >= 4 is 34.0 Å². The van der Waals surface area contributed by atoms with Crippen molar-refractivity contribution in [2.24, 2.45) is 0 Å². The van der Waals surface area contributed by atoms with E-state index < -0.39 is 5.97 Å². The molecule has 0 bridgehead atoms. The zero-order valence-corrected chi connectivity index (χ0v) is 14.4. The number of hydrogen-bond donors (Lipinski definition) is 1. The van der Waals surface area contributed by atoms with Crippen molar-refractivity contribution < 1.29 is 9.90 Å². The van der Waals surface area contributed by atoms with Gasteiger partial charge in [-0.15, -0.1) is 11.3 Å². The fourth-order valence-electron chi connectivity index (χ4n) is 2.83. The van der Waals surface area contributed by atoms with Crippen LogP contribution in [-0.2, 0) is 11.2 Å². The highest BCUT2D eigenvalue weighted by Crippen LogP contribution is 2.35. The molecule has 0 spiro atoms. The highest BCUT2D eigenvalue weighted by atomic mass is 35.5. The second kappa shape index (κ2) is 7.32. The maximum atomic E-state index is 11.2. The Labute approximate surface area is 144 Å². The molecule has 3 rings (SSSR count). The number of aliphatic carboxylic acids is 1. The van der Waals surface area contributed by atoms with Crippen LogP contribution in [0.2, 0.25) is 5.02 Å². The summed E-state index contributed by atoms with van der Waals surface area (Å²) < 4.78 is 0. The first-order valence-corrected chi connectivity index (χ1v) is 9.05. The van der Waals surface area contributed by atoms with E-state index in [9.17, 15) is 9.90 Å². The molecule has 4 nitrogen and oxygen atoms in total. The average Bonchev–Trinajstić information content (AvgIpc) is 2.75. The van der Waals surface area contributed by atoms with Gasteiger partial charge in [0.05, 0.1) is 12.1 Å². The van der Waals surface area contributed by atoms with E-state index in [1.165, 1.54) is 37.0 Å². The molecular weight excluding hydrogens is 332 g/mol. The minimum absolute atomic E-state index is 0.00344. The Morgan fingerprint density at radius 1 is 1.17 bits per heavy atom. The van der Waals surface area contributed by atoms with Gasteiger partial charge < -0.3 is 10.0 Å². The predicted molar refractivity (Wildman–Crippen MR) is 94.6 cm³/mol. The molecule has 0 atom stereocenters. The van der Waals surface area contributed by atoms with Crippen LogP contribution >= 0.6 is 22.9 Å². The van der Waals surface area contributed by atoms with E-state index in [2.05, 4.69) is 4.90 Å². The third-order valence-corrected chi connectivity index (χ3v) is 5.36. The summed E-state index contributed by atoms with van der Waals surface area (Å²) in [7, 11) is 0. The molecule has 0 saturated carbocycles. The second-order valence-corrected chi connectivity index (χ2v) is 7.25. The molecule has 1 fully saturated rings. The highest BCUT2D eigenvalue weighted by molar-refractivity contribution is 7.16. The lowest BCUT2D eigenvalue weighted by molar-refractivity contribution is -0.136. The Morgan fingerprint density at radius 2 is 1.83 bits per heavy atom. The summed E-state index contributed by atoms with van der Waals surface area (Å²) >= 11 is 7.45. The number of carboxylic acid groups (broad SMARTS) is 1. The van der Waals surface area contributed by atoms with Crippen LogP contribution in [0.15, 0.2) is 24.3 Å². The zero-order chi connectivity index (χ0) is 16.2. The fourth-order valence-corrected chi connectivity index (χ4v) is 4.08. The van der Waals surface area contributed by atoms with Crippen LogP contribution in [0.5, 0.6) is 0 Å². The number of anilines is 1.